The lowest BCUT2D eigenvalue weighted by atomic mass is 10.2. The van der Waals surface area contributed by atoms with Crippen molar-refractivity contribution in [1.29, 1.82) is 0 Å². The lowest BCUT2D eigenvalue weighted by Gasteiger charge is -2.05. The van der Waals surface area contributed by atoms with Gasteiger partial charge in [0, 0.05) is 0 Å². The van der Waals surface area contributed by atoms with Crippen molar-refractivity contribution in [1.82, 2.24) is 0 Å². The minimum absolute atomic E-state index is 0. The maximum atomic E-state index is 11.6. The van der Waals surface area contributed by atoms with Crippen molar-refractivity contribution in [3.05, 3.63) is 0 Å². The van der Waals surface area contributed by atoms with E-state index < -0.39 is 12.5 Å². The van der Waals surface area contributed by atoms with Gasteiger partial charge in [0.05, 0.1) is 6.04 Å². The fourth-order valence-electron chi connectivity index (χ4n) is 0.687. The van der Waals surface area contributed by atoms with E-state index in [1.165, 1.54) is 0 Å². The fourth-order valence-corrected chi connectivity index (χ4v) is 0.687. The van der Waals surface area contributed by atoms with Crippen LogP contribution in [0.5, 0.6) is 0 Å². The Morgan fingerprint density at radius 2 is 1.78 bits per heavy atom. The maximum absolute atomic E-state index is 11.6. The van der Waals surface area contributed by atoms with Crippen molar-refractivity contribution < 1.29 is 8.78 Å². The summed E-state index contributed by atoms with van der Waals surface area (Å²) in [7, 11) is 0. The molecule has 0 aliphatic heterocycles. The van der Waals surface area contributed by atoms with Crippen LogP contribution in [-0.4, -0.2) is 12.5 Å². The maximum Gasteiger partial charge on any atom is 0.253 e. The van der Waals surface area contributed by atoms with E-state index in [9.17, 15) is 8.78 Å². The lowest BCUT2D eigenvalue weighted by molar-refractivity contribution is 0.107. The van der Waals surface area contributed by atoms with Crippen molar-refractivity contribution in [3.8, 4) is 0 Å². The summed E-state index contributed by atoms with van der Waals surface area (Å²) in [6.07, 6.45) is -0.528. The van der Waals surface area contributed by atoms with Crippen LogP contribution in [0.25, 0.3) is 0 Å². The van der Waals surface area contributed by atoms with Gasteiger partial charge in [0.1, 0.15) is 0 Å². The Balaban J connectivity index is 0.000000640. The van der Waals surface area contributed by atoms with Gasteiger partial charge in [-0.25, -0.2) is 8.78 Å². The summed E-state index contributed by atoms with van der Waals surface area (Å²) >= 11 is 0. The summed E-state index contributed by atoms with van der Waals surface area (Å²) in [4.78, 5) is 0. The van der Waals surface area contributed by atoms with E-state index in [0.717, 1.165) is 12.8 Å². The number of rotatable bonds is 2. The van der Waals surface area contributed by atoms with Crippen molar-refractivity contribution in [2.45, 2.75) is 25.3 Å². The Kier molecular flexibility index (Phi) is 3.36. The minimum Gasteiger partial charge on any atom is -0.323 e. The summed E-state index contributed by atoms with van der Waals surface area (Å²) in [6.45, 7) is 0. The zero-order chi connectivity index (χ0) is 6.15. The monoisotopic (exact) mass is 157 g/mol. The first-order valence-corrected chi connectivity index (χ1v) is 2.75. The zero-order valence-electron chi connectivity index (χ0n) is 4.89. The predicted octanol–water partition coefficient (Wildman–Crippen LogP) is 1.41. The van der Waals surface area contributed by atoms with Crippen LogP contribution in [0, 0.1) is 5.92 Å². The van der Waals surface area contributed by atoms with Crippen LogP contribution in [0.1, 0.15) is 12.8 Å². The molecule has 1 rings (SSSR count). The van der Waals surface area contributed by atoms with Crippen LogP contribution < -0.4 is 5.73 Å². The second-order valence-electron chi connectivity index (χ2n) is 2.25. The first-order valence-electron chi connectivity index (χ1n) is 2.75. The molecule has 1 nitrogen and oxygen atoms in total. The second-order valence-corrected chi connectivity index (χ2v) is 2.25. The summed E-state index contributed by atoms with van der Waals surface area (Å²) in [6, 6.07) is -0.852. The van der Waals surface area contributed by atoms with E-state index in [4.69, 9.17) is 5.73 Å². The molecule has 4 heteroatoms. The third-order valence-corrected chi connectivity index (χ3v) is 1.46. The van der Waals surface area contributed by atoms with E-state index in [2.05, 4.69) is 0 Å². The molecule has 0 aromatic heterocycles. The van der Waals surface area contributed by atoms with E-state index in [0.29, 0.717) is 0 Å². The van der Waals surface area contributed by atoms with Gasteiger partial charge in [0.25, 0.3) is 6.43 Å². The van der Waals surface area contributed by atoms with Crippen molar-refractivity contribution >= 4 is 12.4 Å². The first-order chi connectivity index (χ1) is 3.72. The number of halogens is 3. The third kappa shape index (κ3) is 2.45. The molecule has 1 fully saturated rings. The Morgan fingerprint density at radius 3 is 1.89 bits per heavy atom. The Labute approximate surface area is 59.0 Å². The van der Waals surface area contributed by atoms with E-state index in [1.807, 2.05) is 0 Å². The summed E-state index contributed by atoms with van der Waals surface area (Å²) in [5, 5.41) is 0. The molecular weight excluding hydrogens is 148 g/mol. The van der Waals surface area contributed by atoms with Crippen LogP contribution in [-0.2, 0) is 0 Å². The molecule has 0 aromatic rings. The van der Waals surface area contributed by atoms with E-state index in [-0.39, 0.29) is 18.3 Å². The molecule has 1 saturated carbocycles. The van der Waals surface area contributed by atoms with Gasteiger partial charge in [-0.1, -0.05) is 0 Å². The Morgan fingerprint density at radius 1 is 1.33 bits per heavy atom. The highest BCUT2D eigenvalue weighted by molar-refractivity contribution is 5.85. The molecule has 56 valence electrons. The van der Waals surface area contributed by atoms with E-state index >= 15 is 0 Å². The van der Waals surface area contributed by atoms with Crippen molar-refractivity contribution in [2.75, 3.05) is 0 Å². The normalized spacial score (nSPS) is 21.3. The van der Waals surface area contributed by atoms with Gasteiger partial charge in [0.15, 0.2) is 0 Å². The van der Waals surface area contributed by atoms with Crippen LogP contribution in [0.4, 0.5) is 8.78 Å². The molecule has 0 bridgehead atoms. The molecule has 9 heavy (non-hydrogen) atoms. The highest BCUT2D eigenvalue weighted by Gasteiger charge is 2.33. The molecule has 0 aromatic carbocycles. The molecule has 1 aliphatic rings. The average Bonchev–Trinajstić information content (AvgIpc) is 2.43. The molecule has 0 heterocycles. The molecule has 0 saturated heterocycles. The van der Waals surface area contributed by atoms with Crippen LogP contribution in [0.3, 0.4) is 0 Å². The van der Waals surface area contributed by atoms with Gasteiger partial charge in [-0.05, 0) is 18.8 Å². The molecule has 1 aliphatic carbocycles. The topological polar surface area (TPSA) is 26.0 Å². The Bertz CT molecular complexity index is 83.0. The fraction of sp³-hybridized carbons (Fsp3) is 1.00. The van der Waals surface area contributed by atoms with Gasteiger partial charge in [-0.3, -0.25) is 0 Å². The predicted molar refractivity (Wildman–Crippen MR) is 34.0 cm³/mol. The van der Waals surface area contributed by atoms with Gasteiger partial charge < -0.3 is 5.73 Å². The molecule has 0 radical (unpaired) electrons. The highest BCUT2D eigenvalue weighted by Crippen LogP contribution is 2.33. The zero-order valence-corrected chi connectivity index (χ0v) is 5.70. The number of nitrogens with two attached hydrogens (primary N) is 1. The molecule has 1 atom stereocenters. The minimum atomic E-state index is -2.32. The average molecular weight is 158 g/mol. The number of hydrogen-bond acceptors (Lipinski definition) is 1. The Hall–Kier alpha value is 0.110. The molecule has 2 N–H and O–H groups in total. The smallest absolute Gasteiger partial charge is 0.253 e. The highest BCUT2D eigenvalue weighted by atomic mass is 35.5. The summed E-state index contributed by atoms with van der Waals surface area (Å²) in [5.41, 5.74) is 5.07. The molecule has 1 unspecified atom stereocenters. The third-order valence-electron chi connectivity index (χ3n) is 1.46. The molecule has 0 amide bonds. The van der Waals surface area contributed by atoms with Crippen LogP contribution in [0.15, 0.2) is 0 Å². The van der Waals surface area contributed by atoms with Crippen LogP contribution >= 0.6 is 12.4 Å². The summed E-state index contributed by atoms with van der Waals surface area (Å²) < 4.78 is 23.2. The summed E-state index contributed by atoms with van der Waals surface area (Å²) in [5.74, 6) is 0.120. The van der Waals surface area contributed by atoms with E-state index in [1.54, 1.807) is 0 Å². The van der Waals surface area contributed by atoms with Gasteiger partial charge >= 0.3 is 0 Å². The second kappa shape index (κ2) is 3.32. The quantitative estimate of drug-likeness (QED) is 0.645. The molecule has 0 spiro atoms. The first kappa shape index (κ1) is 9.11. The van der Waals surface area contributed by atoms with Gasteiger partial charge in [-0.2, -0.15) is 0 Å². The van der Waals surface area contributed by atoms with Crippen molar-refractivity contribution in [3.63, 3.8) is 0 Å². The van der Waals surface area contributed by atoms with Gasteiger partial charge in [-0.15, -0.1) is 12.4 Å². The lowest BCUT2D eigenvalue weighted by Crippen LogP contribution is -2.30. The molecular formula is C5H10ClF2N. The van der Waals surface area contributed by atoms with Gasteiger partial charge in [0.2, 0.25) is 0 Å². The number of alkyl halides is 2. The standard InChI is InChI=1S/C5H9F2N.ClH/c6-5(7)4(8)3-1-2-3;/h3-5H,1-2,8H2;1H. The number of hydrogen-bond donors (Lipinski definition) is 1. The van der Waals surface area contributed by atoms with Crippen LogP contribution in [0.2, 0.25) is 0 Å². The SMILES string of the molecule is Cl.NC(C(F)F)C1CC1. The van der Waals surface area contributed by atoms with Crippen molar-refractivity contribution in [2.24, 2.45) is 11.7 Å². The largest absolute Gasteiger partial charge is 0.323 e.